The smallest absolute Gasteiger partial charge is 0.167 e. The van der Waals surface area contributed by atoms with Crippen molar-refractivity contribution in [3.8, 4) is 0 Å². The Bertz CT molecular complexity index is 313. The predicted molar refractivity (Wildman–Crippen MR) is 68.7 cm³/mol. The first-order valence-corrected chi connectivity index (χ1v) is 5.03. The quantitative estimate of drug-likeness (QED) is 0.831. The van der Waals surface area contributed by atoms with Crippen molar-refractivity contribution in [3.05, 3.63) is 30.1 Å². The summed E-state index contributed by atoms with van der Waals surface area (Å²) in [6, 6.07) is 3.66. The zero-order valence-corrected chi connectivity index (χ0v) is 10.5. The summed E-state index contributed by atoms with van der Waals surface area (Å²) in [6.07, 6.45) is 5.25. The van der Waals surface area contributed by atoms with Crippen molar-refractivity contribution < 1.29 is 4.79 Å². The van der Waals surface area contributed by atoms with Crippen molar-refractivity contribution in [1.29, 1.82) is 0 Å². The van der Waals surface area contributed by atoms with Crippen LogP contribution in [0.5, 0.6) is 0 Å². The van der Waals surface area contributed by atoms with Crippen LogP contribution in [0.3, 0.4) is 0 Å². The number of nitrogens with zero attached hydrogens (tertiary/aromatic N) is 1. The van der Waals surface area contributed by atoms with Gasteiger partial charge in [-0.05, 0) is 38.1 Å². The Labute approximate surface area is 108 Å². The largest absolute Gasteiger partial charge is 0.317 e. The number of Topliss-reactive ketones (excluding diaryl/α,β-unsaturated/α-hetero) is 1. The first kappa shape index (κ1) is 15.4. The van der Waals surface area contributed by atoms with E-state index in [9.17, 15) is 4.79 Å². The average Bonchev–Trinajstić information content (AvgIpc) is 2.30. The molecular weight excluding hydrogens is 247 g/mol. The number of carbonyl (C=O) groups excluding carboxylic acids is 1. The van der Waals surface area contributed by atoms with Crippen LogP contribution in [0, 0.1) is 5.92 Å². The molecule has 0 spiro atoms. The van der Waals surface area contributed by atoms with E-state index in [1.165, 1.54) is 0 Å². The predicted octanol–water partition coefficient (Wildman–Crippen LogP) is 2.11. The Morgan fingerprint density at radius 1 is 1.31 bits per heavy atom. The first-order chi connectivity index (χ1) is 6.88. The number of nitrogens with one attached hydrogen (secondary N) is 1. The molecular formula is C11H16Cl2N2O. The van der Waals surface area contributed by atoms with Crippen LogP contribution in [0.1, 0.15) is 23.2 Å². The summed E-state index contributed by atoms with van der Waals surface area (Å²) < 4.78 is 0. The van der Waals surface area contributed by atoms with E-state index in [0.717, 1.165) is 31.5 Å². The zero-order valence-electron chi connectivity index (χ0n) is 8.89. The van der Waals surface area contributed by atoms with Crippen LogP contribution in [0.15, 0.2) is 24.5 Å². The first-order valence-electron chi connectivity index (χ1n) is 5.03. The molecule has 1 fully saturated rings. The minimum absolute atomic E-state index is 0. The number of piperidine rings is 1. The maximum Gasteiger partial charge on any atom is 0.167 e. The van der Waals surface area contributed by atoms with Gasteiger partial charge in [0.15, 0.2) is 5.78 Å². The molecule has 1 N–H and O–H groups in total. The van der Waals surface area contributed by atoms with Crippen LogP contribution in [0.25, 0.3) is 0 Å². The second-order valence-electron chi connectivity index (χ2n) is 3.63. The van der Waals surface area contributed by atoms with Crippen molar-refractivity contribution >= 4 is 30.6 Å². The fraction of sp³-hybridized carbons (Fsp3) is 0.455. The van der Waals surface area contributed by atoms with Gasteiger partial charge in [0.2, 0.25) is 0 Å². The number of hydrogen-bond donors (Lipinski definition) is 1. The van der Waals surface area contributed by atoms with E-state index < -0.39 is 0 Å². The maximum atomic E-state index is 11.9. The van der Waals surface area contributed by atoms with Gasteiger partial charge in [0.05, 0.1) is 0 Å². The summed E-state index contributed by atoms with van der Waals surface area (Å²) >= 11 is 0. The topological polar surface area (TPSA) is 42.0 Å². The summed E-state index contributed by atoms with van der Waals surface area (Å²) in [6.45, 7) is 1.91. The van der Waals surface area contributed by atoms with Crippen molar-refractivity contribution in [2.24, 2.45) is 5.92 Å². The number of halogens is 2. The monoisotopic (exact) mass is 262 g/mol. The highest BCUT2D eigenvalue weighted by Gasteiger charge is 2.21. The molecule has 1 aliphatic heterocycles. The van der Waals surface area contributed by atoms with Gasteiger partial charge in [0.1, 0.15) is 0 Å². The standard InChI is InChI=1S/C11H14N2O.2ClH/c14-11(9-3-6-12-7-4-9)10-2-1-5-13-8-10;;/h1-2,5,8-9,12H,3-4,6-7H2;2*1H. The summed E-state index contributed by atoms with van der Waals surface area (Å²) in [7, 11) is 0. The number of carbonyl (C=O) groups is 1. The molecule has 3 nitrogen and oxygen atoms in total. The van der Waals surface area contributed by atoms with Crippen LogP contribution in [-0.4, -0.2) is 23.9 Å². The van der Waals surface area contributed by atoms with Crippen molar-refractivity contribution in [2.45, 2.75) is 12.8 Å². The number of rotatable bonds is 2. The molecule has 90 valence electrons. The van der Waals surface area contributed by atoms with Crippen molar-refractivity contribution in [3.63, 3.8) is 0 Å². The molecule has 2 heterocycles. The molecule has 1 aliphatic rings. The van der Waals surface area contributed by atoms with Gasteiger partial charge in [-0.3, -0.25) is 9.78 Å². The summed E-state index contributed by atoms with van der Waals surface area (Å²) in [4.78, 5) is 15.9. The lowest BCUT2D eigenvalue weighted by Crippen LogP contribution is -2.31. The third-order valence-electron chi connectivity index (χ3n) is 2.66. The Hall–Kier alpha value is -0.640. The maximum absolute atomic E-state index is 11.9. The van der Waals surface area contributed by atoms with E-state index in [0.29, 0.717) is 0 Å². The molecule has 0 saturated carbocycles. The molecule has 0 amide bonds. The molecule has 1 aromatic rings. The highest BCUT2D eigenvalue weighted by atomic mass is 35.5. The van der Waals surface area contributed by atoms with E-state index in [1.54, 1.807) is 12.4 Å². The molecule has 0 radical (unpaired) electrons. The molecule has 0 bridgehead atoms. The van der Waals surface area contributed by atoms with Gasteiger partial charge >= 0.3 is 0 Å². The fourth-order valence-electron chi connectivity index (χ4n) is 1.83. The summed E-state index contributed by atoms with van der Waals surface area (Å²) in [5, 5.41) is 3.25. The van der Waals surface area contributed by atoms with E-state index in [4.69, 9.17) is 0 Å². The molecule has 0 atom stereocenters. The second kappa shape index (κ2) is 7.60. The summed E-state index contributed by atoms with van der Waals surface area (Å²) in [5.74, 6) is 0.444. The normalized spacial score (nSPS) is 15.8. The lowest BCUT2D eigenvalue weighted by Gasteiger charge is -2.21. The van der Waals surface area contributed by atoms with Crippen molar-refractivity contribution in [2.75, 3.05) is 13.1 Å². The number of pyridine rings is 1. The molecule has 2 rings (SSSR count). The number of hydrogen-bond acceptors (Lipinski definition) is 3. The number of aromatic nitrogens is 1. The fourth-order valence-corrected chi connectivity index (χ4v) is 1.83. The molecule has 0 unspecified atom stereocenters. The van der Waals surface area contributed by atoms with Gasteiger partial charge in [-0.1, -0.05) is 0 Å². The molecule has 1 saturated heterocycles. The van der Waals surface area contributed by atoms with E-state index in [-0.39, 0.29) is 36.5 Å². The van der Waals surface area contributed by atoms with Gasteiger partial charge in [0.25, 0.3) is 0 Å². The Morgan fingerprint density at radius 2 is 2.00 bits per heavy atom. The Kier molecular flexibility index (Phi) is 7.30. The van der Waals surface area contributed by atoms with Gasteiger partial charge in [-0.15, -0.1) is 24.8 Å². The van der Waals surface area contributed by atoms with E-state index in [1.807, 2.05) is 12.1 Å². The van der Waals surface area contributed by atoms with Crippen LogP contribution in [0.4, 0.5) is 0 Å². The summed E-state index contributed by atoms with van der Waals surface area (Å²) in [5.41, 5.74) is 0.749. The van der Waals surface area contributed by atoms with E-state index in [2.05, 4.69) is 10.3 Å². The molecule has 0 aromatic carbocycles. The van der Waals surface area contributed by atoms with Crippen molar-refractivity contribution in [1.82, 2.24) is 10.3 Å². The third kappa shape index (κ3) is 3.74. The molecule has 0 aliphatic carbocycles. The molecule has 1 aromatic heterocycles. The van der Waals surface area contributed by atoms with E-state index >= 15 is 0 Å². The lowest BCUT2D eigenvalue weighted by molar-refractivity contribution is 0.0894. The van der Waals surface area contributed by atoms with Crippen LogP contribution in [-0.2, 0) is 0 Å². The highest BCUT2D eigenvalue weighted by Crippen LogP contribution is 2.17. The van der Waals surface area contributed by atoms with Crippen LogP contribution >= 0.6 is 24.8 Å². The van der Waals surface area contributed by atoms with Gasteiger partial charge < -0.3 is 5.32 Å². The minimum Gasteiger partial charge on any atom is -0.317 e. The SMILES string of the molecule is Cl.Cl.O=C(c1cccnc1)C1CCNCC1. The second-order valence-corrected chi connectivity index (χ2v) is 3.63. The average molecular weight is 263 g/mol. The third-order valence-corrected chi connectivity index (χ3v) is 2.66. The van der Waals surface area contributed by atoms with Crippen LogP contribution < -0.4 is 5.32 Å². The van der Waals surface area contributed by atoms with Gasteiger partial charge in [-0.25, -0.2) is 0 Å². The Morgan fingerprint density at radius 3 is 2.56 bits per heavy atom. The highest BCUT2D eigenvalue weighted by molar-refractivity contribution is 5.97. The van der Waals surface area contributed by atoms with Crippen LogP contribution in [0.2, 0.25) is 0 Å². The van der Waals surface area contributed by atoms with Gasteiger partial charge in [0, 0.05) is 23.9 Å². The lowest BCUT2D eigenvalue weighted by atomic mass is 9.90. The Balaban J connectivity index is 0.00000112. The minimum atomic E-state index is 0. The molecule has 16 heavy (non-hydrogen) atoms. The zero-order chi connectivity index (χ0) is 9.80. The number of ketones is 1. The molecule has 5 heteroatoms. The van der Waals surface area contributed by atoms with Gasteiger partial charge in [-0.2, -0.15) is 0 Å².